The van der Waals surface area contributed by atoms with Crippen LogP contribution in [0.2, 0.25) is 0 Å². The number of halogens is 1. The summed E-state index contributed by atoms with van der Waals surface area (Å²) in [6.07, 6.45) is 4.81. The van der Waals surface area contributed by atoms with Crippen molar-refractivity contribution >= 4 is 11.7 Å². The van der Waals surface area contributed by atoms with E-state index in [1.54, 1.807) is 12.0 Å². The highest BCUT2D eigenvalue weighted by Gasteiger charge is 2.50. The Morgan fingerprint density at radius 2 is 1.98 bits per heavy atom. The smallest absolute Gasteiger partial charge is 0.282 e. The lowest BCUT2D eigenvalue weighted by Gasteiger charge is -2.53. The van der Waals surface area contributed by atoms with Gasteiger partial charge in [0.25, 0.3) is 11.8 Å². The van der Waals surface area contributed by atoms with Gasteiger partial charge in [-0.1, -0.05) is 13.8 Å². The van der Waals surface area contributed by atoms with E-state index in [9.17, 15) is 9.18 Å². The molecule has 10 nitrogen and oxygen atoms in total. The van der Waals surface area contributed by atoms with Crippen LogP contribution < -0.4 is 15.0 Å². The summed E-state index contributed by atoms with van der Waals surface area (Å²) in [7, 11) is 1.73. The fraction of sp³-hybridized carbons (Fsp3) is 0.677. The normalized spacial score (nSPS) is 17.2. The molecule has 1 aromatic heterocycles. The Morgan fingerprint density at radius 3 is 2.67 bits per heavy atom. The number of hydrogen-bond donors (Lipinski definition) is 1. The summed E-state index contributed by atoms with van der Waals surface area (Å²) >= 11 is 0. The highest BCUT2D eigenvalue weighted by atomic mass is 19.1. The second kappa shape index (κ2) is 14.5. The Balaban J connectivity index is 1.42. The Hall–Kier alpha value is -2.89. The Labute approximate surface area is 250 Å². The van der Waals surface area contributed by atoms with Crippen molar-refractivity contribution in [2.45, 2.75) is 66.0 Å². The number of benzene rings is 1. The molecule has 1 amide bonds. The summed E-state index contributed by atoms with van der Waals surface area (Å²) in [6.45, 7) is 17.4. The van der Waals surface area contributed by atoms with Crippen LogP contribution in [0.25, 0.3) is 0 Å². The van der Waals surface area contributed by atoms with E-state index in [1.165, 1.54) is 30.9 Å². The molecule has 0 radical (unpaired) electrons. The number of nitrogens with zero attached hydrogens (tertiary/aromatic N) is 6. The first-order chi connectivity index (χ1) is 20.2. The zero-order chi connectivity index (χ0) is 30.3. The van der Waals surface area contributed by atoms with Gasteiger partial charge in [0.15, 0.2) is 5.82 Å². The van der Waals surface area contributed by atoms with E-state index in [-0.39, 0.29) is 34.6 Å². The minimum atomic E-state index is -0.499. The first kappa shape index (κ1) is 32.0. The van der Waals surface area contributed by atoms with E-state index >= 15 is 0 Å². The predicted molar refractivity (Wildman–Crippen MR) is 162 cm³/mol. The van der Waals surface area contributed by atoms with Gasteiger partial charge in [0, 0.05) is 63.9 Å². The number of carbonyl (C=O) groups excluding carboxylic acids is 1. The molecule has 1 N–H and O–H groups in total. The third kappa shape index (κ3) is 7.54. The number of aromatic nitrogens is 3. The lowest BCUT2D eigenvalue weighted by molar-refractivity contribution is -0.0339. The van der Waals surface area contributed by atoms with Gasteiger partial charge in [-0.2, -0.15) is 0 Å². The Kier molecular flexibility index (Phi) is 11.1. The second-order valence-corrected chi connectivity index (χ2v) is 12.3. The maximum atomic E-state index is 14.3. The van der Waals surface area contributed by atoms with Gasteiger partial charge in [-0.05, 0) is 70.7 Å². The van der Waals surface area contributed by atoms with Crippen LogP contribution in [-0.2, 0) is 4.74 Å². The number of amides is 1. The van der Waals surface area contributed by atoms with Crippen molar-refractivity contribution in [1.29, 1.82) is 0 Å². The first-order valence-corrected chi connectivity index (χ1v) is 15.3. The molecule has 2 aromatic rings. The minimum Gasteiger partial charge on any atom is -0.434 e. The zero-order valence-electron chi connectivity index (χ0n) is 26.1. The van der Waals surface area contributed by atoms with Crippen molar-refractivity contribution in [3.8, 4) is 11.6 Å². The van der Waals surface area contributed by atoms with Gasteiger partial charge in [-0.25, -0.2) is 9.37 Å². The van der Waals surface area contributed by atoms with E-state index in [1.807, 2.05) is 20.8 Å². The zero-order valence-corrected chi connectivity index (χ0v) is 26.1. The van der Waals surface area contributed by atoms with Gasteiger partial charge in [-0.3, -0.25) is 9.69 Å². The lowest BCUT2D eigenvalue weighted by atomic mass is 9.76. The van der Waals surface area contributed by atoms with Crippen LogP contribution in [0.15, 0.2) is 24.5 Å². The van der Waals surface area contributed by atoms with Crippen LogP contribution in [0.1, 0.15) is 64.2 Å². The molecule has 2 saturated heterocycles. The molecule has 232 valence electrons. The number of methoxy groups -OCH3 is 1. The molecular weight excluding hydrogens is 537 g/mol. The second-order valence-electron chi connectivity index (χ2n) is 12.3. The molecule has 1 atom stereocenters. The molecule has 3 heterocycles. The molecule has 2 aliphatic heterocycles. The van der Waals surface area contributed by atoms with Crippen molar-refractivity contribution in [2.24, 2.45) is 11.3 Å². The summed E-state index contributed by atoms with van der Waals surface area (Å²) < 4.78 is 25.6. The lowest BCUT2D eigenvalue weighted by Crippen LogP contribution is -2.62. The molecule has 2 fully saturated rings. The van der Waals surface area contributed by atoms with E-state index < -0.39 is 5.82 Å². The van der Waals surface area contributed by atoms with Gasteiger partial charge in [0.2, 0.25) is 0 Å². The fourth-order valence-electron chi connectivity index (χ4n) is 6.40. The summed E-state index contributed by atoms with van der Waals surface area (Å²) in [6, 6.07) is 4.51. The number of anilines is 1. The average Bonchev–Trinajstić information content (AvgIpc) is 3.39. The molecule has 1 spiro atoms. The number of rotatable bonds is 15. The molecule has 0 saturated carbocycles. The molecule has 2 aliphatic rings. The van der Waals surface area contributed by atoms with Crippen LogP contribution in [-0.4, -0.2) is 103 Å². The summed E-state index contributed by atoms with van der Waals surface area (Å²) in [4.78, 5) is 24.4. The van der Waals surface area contributed by atoms with Crippen LogP contribution >= 0.6 is 0 Å². The van der Waals surface area contributed by atoms with Gasteiger partial charge in [0.05, 0.1) is 12.2 Å². The topological polar surface area (TPSA) is 96.0 Å². The van der Waals surface area contributed by atoms with Gasteiger partial charge >= 0.3 is 0 Å². The molecule has 0 aliphatic carbocycles. The first-order valence-electron chi connectivity index (χ1n) is 15.3. The Morgan fingerprint density at radius 1 is 1.19 bits per heavy atom. The maximum absolute atomic E-state index is 14.3. The molecule has 1 unspecified atom stereocenters. The highest BCUT2D eigenvalue weighted by molar-refractivity contribution is 5.97. The number of nitrogens with one attached hydrogen (secondary N) is 1. The average molecular weight is 586 g/mol. The molecule has 11 heteroatoms. The predicted octanol–water partition coefficient (Wildman–Crippen LogP) is 4.23. The van der Waals surface area contributed by atoms with E-state index in [4.69, 9.17) is 9.47 Å². The third-order valence-electron chi connectivity index (χ3n) is 8.56. The number of ether oxygens (including phenoxy) is 2. The molecule has 42 heavy (non-hydrogen) atoms. The van der Waals surface area contributed by atoms with Crippen LogP contribution in [0.5, 0.6) is 11.6 Å². The SMILES string of the molecule is CCN(C(=O)c1cc(F)ccc1Oc1nncnc1N1CCC2(C1)CN(C(CCCNCCOC)C(C)C)C2)C(C)C. The number of carbonyl (C=O) groups is 1. The molecule has 0 bridgehead atoms. The number of hydrogen-bond acceptors (Lipinski definition) is 9. The fourth-order valence-corrected chi connectivity index (χ4v) is 6.40. The molecule has 4 rings (SSSR count). The summed E-state index contributed by atoms with van der Waals surface area (Å²) in [5, 5.41) is 11.7. The van der Waals surface area contributed by atoms with Crippen molar-refractivity contribution in [1.82, 2.24) is 30.3 Å². The molecule has 1 aromatic carbocycles. The van der Waals surface area contributed by atoms with Crippen molar-refractivity contribution in [3.63, 3.8) is 0 Å². The van der Waals surface area contributed by atoms with Gasteiger partial charge in [0.1, 0.15) is 17.9 Å². The Bertz CT molecular complexity index is 1170. The summed E-state index contributed by atoms with van der Waals surface area (Å²) in [5.41, 5.74) is 0.366. The quantitative estimate of drug-likeness (QED) is 0.308. The van der Waals surface area contributed by atoms with Crippen molar-refractivity contribution in [2.75, 3.05) is 64.4 Å². The van der Waals surface area contributed by atoms with Crippen LogP contribution in [0.3, 0.4) is 0 Å². The minimum absolute atomic E-state index is 0.0388. The van der Waals surface area contributed by atoms with Gasteiger partial charge in [-0.15, -0.1) is 10.2 Å². The van der Waals surface area contributed by atoms with Gasteiger partial charge < -0.3 is 24.6 Å². The summed E-state index contributed by atoms with van der Waals surface area (Å²) in [5.74, 6) is 0.865. The van der Waals surface area contributed by atoms with E-state index in [0.717, 1.165) is 58.7 Å². The van der Waals surface area contributed by atoms with Crippen molar-refractivity contribution < 1.29 is 18.7 Å². The monoisotopic (exact) mass is 585 g/mol. The third-order valence-corrected chi connectivity index (χ3v) is 8.56. The van der Waals surface area contributed by atoms with E-state index in [0.29, 0.717) is 24.3 Å². The van der Waals surface area contributed by atoms with Crippen molar-refractivity contribution in [3.05, 3.63) is 35.9 Å². The number of likely N-dealkylation sites (tertiary alicyclic amines) is 1. The highest BCUT2D eigenvalue weighted by Crippen LogP contribution is 2.44. The largest absolute Gasteiger partial charge is 0.434 e. The standard InChI is InChI=1S/C31H48FN7O3/c1-7-39(23(4)5)30(40)25-17-24(32)10-11-27(25)42-29-28(34-21-35-36-29)37-15-12-31(18-37)19-38(20-31)26(22(2)3)9-8-13-33-14-16-41-6/h10-11,17,21-23,26,33H,7-9,12-16,18-20H2,1-6H3. The van der Waals surface area contributed by atoms with Crippen LogP contribution in [0.4, 0.5) is 10.2 Å². The molecular formula is C31H48FN7O3. The maximum Gasteiger partial charge on any atom is 0.282 e. The van der Waals surface area contributed by atoms with Crippen LogP contribution in [0, 0.1) is 17.2 Å². The van der Waals surface area contributed by atoms with E-state index in [2.05, 4.69) is 44.1 Å².